The van der Waals surface area contributed by atoms with Crippen molar-refractivity contribution in [2.24, 2.45) is 0 Å². The Hall–Kier alpha value is -1.49. The van der Waals surface area contributed by atoms with E-state index < -0.39 is 0 Å². The molecule has 6 heteroatoms. The van der Waals surface area contributed by atoms with Crippen molar-refractivity contribution in [1.29, 1.82) is 0 Å². The SMILES string of the molecule is COCOc1ccc(B2OC(C)(C)C(C)(C)O2)cc1[CH]=[Ti].[CH]1C=CC=C1.[CH]1C=CC=C1. The first-order valence-electron chi connectivity index (χ1n) is 10.3. The zero-order chi connectivity index (χ0) is 22.7. The van der Waals surface area contributed by atoms with Crippen LogP contribution in [0.1, 0.15) is 33.3 Å². The second-order valence-electron chi connectivity index (χ2n) is 8.01. The van der Waals surface area contributed by atoms with Gasteiger partial charge in [-0.05, 0) is 0 Å². The molecule has 31 heavy (non-hydrogen) atoms. The smallest absolute Gasteiger partial charge is 0.00506 e. The van der Waals surface area contributed by atoms with Crippen molar-refractivity contribution in [2.75, 3.05) is 13.9 Å². The van der Waals surface area contributed by atoms with Crippen LogP contribution in [0.25, 0.3) is 0 Å². The Morgan fingerprint density at radius 1 is 0.871 bits per heavy atom. The van der Waals surface area contributed by atoms with Gasteiger partial charge in [-0.25, -0.2) is 0 Å². The summed E-state index contributed by atoms with van der Waals surface area (Å²) >= 11 is 1.98. The minimum Gasteiger partial charge on any atom is -0.0767 e. The van der Waals surface area contributed by atoms with E-state index in [0.29, 0.717) is 0 Å². The van der Waals surface area contributed by atoms with E-state index in [0.717, 1.165) is 16.8 Å². The van der Waals surface area contributed by atoms with Crippen LogP contribution in [0.2, 0.25) is 0 Å². The Kier molecular flexibility index (Phi) is 10.4. The summed E-state index contributed by atoms with van der Waals surface area (Å²) in [6.45, 7) is 8.44. The quantitative estimate of drug-likeness (QED) is 0.492. The average molecular weight is 454 g/mol. The van der Waals surface area contributed by atoms with Gasteiger partial charge in [-0.2, -0.15) is 0 Å². The molecular formula is C25H31BO4Ti. The van der Waals surface area contributed by atoms with Crippen LogP contribution in [-0.4, -0.2) is 36.5 Å². The van der Waals surface area contributed by atoms with Crippen molar-refractivity contribution < 1.29 is 38.8 Å². The molecule has 4 nitrogen and oxygen atoms in total. The third-order valence-electron chi connectivity index (χ3n) is 5.16. The van der Waals surface area contributed by atoms with E-state index >= 15 is 0 Å². The molecule has 1 aromatic rings. The Morgan fingerprint density at radius 2 is 1.39 bits per heavy atom. The van der Waals surface area contributed by atoms with Gasteiger partial charge in [-0.15, -0.1) is 0 Å². The van der Waals surface area contributed by atoms with Crippen molar-refractivity contribution in [3.63, 3.8) is 0 Å². The van der Waals surface area contributed by atoms with Gasteiger partial charge in [0.1, 0.15) is 0 Å². The molecule has 0 saturated carbocycles. The first-order valence-corrected chi connectivity index (χ1v) is 11.2. The fourth-order valence-electron chi connectivity index (χ4n) is 2.70. The molecule has 1 saturated heterocycles. The third kappa shape index (κ3) is 7.85. The van der Waals surface area contributed by atoms with Crippen LogP contribution in [-0.2, 0) is 34.0 Å². The van der Waals surface area contributed by atoms with E-state index in [2.05, 4.69) is 27.7 Å². The van der Waals surface area contributed by atoms with Crippen LogP contribution in [0.3, 0.4) is 0 Å². The Bertz CT molecular complexity index is 782. The molecule has 0 bridgehead atoms. The van der Waals surface area contributed by atoms with Crippen LogP contribution in [0.15, 0.2) is 66.8 Å². The minimum absolute atomic E-state index is 0.233. The average Bonchev–Trinajstić information content (AvgIpc) is 3.52. The molecule has 2 aliphatic carbocycles. The number of rotatable bonds is 5. The van der Waals surface area contributed by atoms with E-state index in [4.69, 9.17) is 18.8 Å². The van der Waals surface area contributed by atoms with Gasteiger partial charge in [0.2, 0.25) is 0 Å². The van der Waals surface area contributed by atoms with Gasteiger partial charge in [-0.3, -0.25) is 0 Å². The van der Waals surface area contributed by atoms with E-state index in [1.165, 1.54) is 0 Å². The maximum atomic E-state index is 6.07. The first kappa shape index (κ1) is 25.8. The predicted molar refractivity (Wildman–Crippen MR) is 125 cm³/mol. The number of allylic oxidation sites excluding steroid dienone is 8. The standard InChI is InChI=1S/C15H21BO4.2C5H5.Ti/c1-11-9-12(7-8-13(11)18-10-17-6)16-19-14(2,3)15(4,5)20-16;2*1-2-4-5-3-1;/h1,7-9H,10H2,2-6H3;2*1-5H;. The first-order chi connectivity index (χ1) is 14.8. The molecule has 0 spiro atoms. The number of hydrogen-bond donors (Lipinski definition) is 0. The summed E-state index contributed by atoms with van der Waals surface area (Å²) in [7, 11) is 1.25. The monoisotopic (exact) mass is 454 g/mol. The van der Waals surface area contributed by atoms with Crippen molar-refractivity contribution in [1.82, 2.24) is 0 Å². The molecule has 1 heterocycles. The summed E-state index contributed by atoms with van der Waals surface area (Å²) in [4.78, 5) is 0. The van der Waals surface area contributed by atoms with E-state index in [9.17, 15) is 0 Å². The molecule has 1 fully saturated rings. The molecule has 1 aliphatic heterocycles. The second kappa shape index (κ2) is 12.5. The van der Waals surface area contributed by atoms with Crippen LogP contribution < -0.4 is 10.2 Å². The van der Waals surface area contributed by atoms with Gasteiger partial charge in [0.25, 0.3) is 0 Å². The molecule has 2 radical (unpaired) electrons. The summed E-state index contributed by atoms with van der Waals surface area (Å²) in [5.74, 6) is 0.791. The third-order valence-corrected chi connectivity index (χ3v) is 5.64. The fourth-order valence-corrected chi connectivity index (χ4v) is 3.05. The van der Waals surface area contributed by atoms with Gasteiger partial charge in [0.15, 0.2) is 0 Å². The number of benzene rings is 1. The summed E-state index contributed by atoms with van der Waals surface area (Å²) in [6, 6.07) is 5.93. The van der Waals surface area contributed by atoms with Crippen LogP contribution in [0, 0.1) is 12.8 Å². The predicted octanol–water partition coefficient (Wildman–Crippen LogP) is 4.30. The molecule has 162 valence electrons. The zero-order valence-corrected chi connectivity index (χ0v) is 20.6. The molecule has 3 aliphatic rings. The largest absolute Gasteiger partial charge is 0.0767 e. The molecule has 0 amide bonds. The fraction of sp³-hybridized carbons (Fsp3) is 0.320. The topological polar surface area (TPSA) is 36.9 Å². The van der Waals surface area contributed by atoms with Gasteiger partial charge in [0, 0.05) is 12.8 Å². The van der Waals surface area contributed by atoms with Crippen molar-refractivity contribution in [3.8, 4) is 5.75 Å². The summed E-state index contributed by atoms with van der Waals surface area (Å²) in [5.41, 5.74) is 1.32. The van der Waals surface area contributed by atoms with E-state index in [1.807, 2.05) is 104 Å². The molecule has 0 N–H and O–H groups in total. The molecular weight excluding hydrogens is 423 g/mol. The minimum atomic E-state index is -0.356. The van der Waals surface area contributed by atoms with Crippen molar-refractivity contribution in [2.45, 2.75) is 38.9 Å². The Labute approximate surface area is 199 Å². The van der Waals surface area contributed by atoms with Crippen LogP contribution in [0.5, 0.6) is 5.75 Å². The maximum Gasteiger partial charge on any atom is 0.00506 e. The Balaban J connectivity index is 0.000000276. The molecule has 0 aromatic heterocycles. The van der Waals surface area contributed by atoms with Gasteiger partial charge in [0.05, 0.1) is 0 Å². The number of methoxy groups -OCH3 is 1. The molecule has 4 rings (SSSR count). The zero-order valence-electron chi connectivity index (χ0n) is 19.0. The van der Waals surface area contributed by atoms with Crippen LogP contribution in [0.4, 0.5) is 0 Å². The molecule has 0 atom stereocenters. The van der Waals surface area contributed by atoms with Crippen molar-refractivity contribution >= 4 is 16.9 Å². The van der Waals surface area contributed by atoms with Gasteiger partial charge < -0.3 is 0 Å². The van der Waals surface area contributed by atoms with Gasteiger partial charge in [-0.1, -0.05) is 48.6 Å². The van der Waals surface area contributed by atoms with E-state index in [1.54, 1.807) is 7.11 Å². The van der Waals surface area contributed by atoms with E-state index in [-0.39, 0.29) is 25.1 Å². The summed E-state index contributed by atoms with van der Waals surface area (Å²) in [5, 5.41) is 0. The van der Waals surface area contributed by atoms with Crippen molar-refractivity contribution in [3.05, 3.63) is 85.2 Å². The van der Waals surface area contributed by atoms with Gasteiger partial charge >= 0.3 is 138 Å². The maximum absolute atomic E-state index is 6.07. The molecule has 1 aromatic carbocycles. The number of hydrogen-bond acceptors (Lipinski definition) is 4. The second-order valence-corrected chi connectivity index (χ2v) is 8.46. The van der Waals surface area contributed by atoms with Crippen LogP contribution >= 0.6 is 0 Å². The number of ether oxygens (including phenoxy) is 2. The summed E-state index contributed by atoms with van der Waals surface area (Å²) in [6.07, 6.45) is 20.0. The molecule has 0 unspecified atom stereocenters. The Morgan fingerprint density at radius 3 is 1.77 bits per heavy atom. The normalized spacial score (nSPS) is 18.9. The summed E-state index contributed by atoms with van der Waals surface area (Å²) < 4.78 is 24.6.